The van der Waals surface area contributed by atoms with Crippen LogP contribution in [0.25, 0.3) is 0 Å². The van der Waals surface area contributed by atoms with Gasteiger partial charge in [-0.25, -0.2) is 0 Å². The summed E-state index contributed by atoms with van der Waals surface area (Å²) in [7, 11) is 5.09. The van der Waals surface area contributed by atoms with E-state index in [4.69, 9.17) is 14.2 Å². The lowest BCUT2D eigenvalue weighted by molar-refractivity contribution is 0.0673. The van der Waals surface area contributed by atoms with E-state index in [-0.39, 0.29) is 18.3 Å². The molecule has 6 nitrogen and oxygen atoms in total. The van der Waals surface area contributed by atoms with Crippen LogP contribution in [0.1, 0.15) is 28.8 Å². The summed E-state index contributed by atoms with van der Waals surface area (Å²) < 4.78 is 17.0. The largest absolute Gasteiger partial charge is 0.493 e. The van der Waals surface area contributed by atoms with Crippen molar-refractivity contribution in [3.8, 4) is 17.2 Å². The normalized spacial score (nSPS) is 15.8. The molecule has 0 bridgehead atoms. The van der Waals surface area contributed by atoms with Gasteiger partial charge in [0, 0.05) is 18.7 Å². The maximum Gasteiger partial charge on any atom is 0.254 e. The van der Waals surface area contributed by atoms with Crippen molar-refractivity contribution in [1.29, 1.82) is 0 Å². The Morgan fingerprint density at radius 2 is 1.80 bits per heavy atom. The van der Waals surface area contributed by atoms with Crippen LogP contribution in [0.5, 0.6) is 17.2 Å². The predicted molar refractivity (Wildman–Crippen MR) is 120 cm³/mol. The second-order valence-electron chi connectivity index (χ2n) is 7.30. The number of likely N-dealkylation sites (tertiary alicyclic amines) is 1. The molecule has 2 aromatic carbocycles. The highest BCUT2D eigenvalue weighted by Crippen LogP contribution is 2.39. The summed E-state index contributed by atoms with van der Waals surface area (Å²) in [5.41, 5.74) is 1.59. The van der Waals surface area contributed by atoms with E-state index in [0.717, 1.165) is 38.0 Å². The van der Waals surface area contributed by atoms with E-state index in [1.165, 1.54) is 0 Å². The number of hydrogen-bond donors (Lipinski definition) is 1. The van der Waals surface area contributed by atoms with Crippen LogP contribution in [0.4, 0.5) is 0 Å². The van der Waals surface area contributed by atoms with Gasteiger partial charge >= 0.3 is 0 Å². The summed E-state index contributed by atoms with van der Waals surface area (Å²) in [5.74, 6) is 1.97. The molecule has 1 saturated heterocycles. The molecule has 1 fully saturated rings. The van der Waals surface area contributed by atoms with Gasteiger partial charge in [0.1, 0.15) is 6.61 Å². The Morgan fingerprint density at radius 1 is 1.13 bits per heavy atom. The third-order valence-electron chi connectivity index (χ3n) is 5.23. The molecule has 0 spiro atoms. The molecule has 1 heterocycles. The van der Waals surface area contributed by atoms with Crippen molar-refractivity contribution < 1.29 is 19.0 Å². The number of piperidine rings is 1. The van der Waals surface area contributed by atoms with E-state index in [9.17, 15) is 4.79 Å². The van der Waals surface area contributed by atoms with E-state index in [1.54, 1.807) is 26.4 Å². The van der Waals surface area contributed by atoms with Gasteiger partial charge in [0.2, 0.25) is 5.75 Å². The lowest BCUT2D eigenvalue weighted by Crippen LogP contribution is -2.42. The summed E-state index contributed by atoms with van der Waals surface area (Å²) in [6.07, 6.45) is 2.16. The highest BCUT2D eigenvalue weighted by Gasteiger charge is 2.26. The molecule has 0 aromatic heterocycles. The van der Waals surface area contributed by atoms with Crippen molar-refractivity contribution in [2.45, 2.75) is 19.4 Å². The molecule has 0 radical (unpaired) electrons. The molecule has 3 rings (SSSR count). The van der Waals surface area contributed by atoms with Crippen molar-refractivity contribution in [3.05, 3.63) is 53.6 Å². The molecule has 2 aromatic rings. The molecule has 1 aliphatic heterocycles. The van der Waals surface area contributed by atoms with Crippen LogP contribution in [0.15, 0.2) is 42.5 Å². The maximum atomic E-state index is 13.1. The Bertz CT molecular complexity index is 789. The van der Waals surface area contributed by atoms with Crippen molar-refractivity contribution in [2.24, 2.45) is 5.92 Å². The first kappa shape index (κ1) is 23.8. The maximum absolute atomic E-state index is 13.1. The minimum atomic E-state index is -0.00277. The van der Waals surface area contributed by atoms with Gasteiger partial charge in [0.25, 0.3) is 5.91 Å². The molecular weight excluding hydrogens is 404 g/mol. The number of nitrogens with one attached hydrogen (secondary N) is 1. The van der Waals surface area contributed by atoms with Crippen LogP contribution in [0.3, 0.4) is 0 Å². The molecule has 1 aliphatic rings. The first-order chi connectivity index (χ1) is 14.2. The van der Waals surface area contributed by atoms with Gasteiger partial charge in [0.05, 0.1) is 14.2 Å². The second kappa shape index (κ2) is 11.7. The van der Waals surface area contributed by atoms with Gasteiger partial charge in [-0.05, 0) is 50.0 Å². The monoisotopic (exact) mass is 434 g/mol. The van der Waals surface area contributed by atoms with E-state index in [2.05, 4.69) is 5.32 Å². The highest BCUT2D eigenvalue weighted by atomic mass is 35.5. The van der Waals surface area contributed by atoms with E-state index in [1.807, 2.05) is 42.3 Å². The minimum Gasteiger partial charge on any atom is -0.493 e. The summed E-state index contributed by atoms with van der Waals surface area (Å²) in [6.45, 7) is 2.84. The average Bonchev–Trinajstić information content (AvgIpc) is 2.77. The van der Waals surface area contributed by atoms with Crippen LogP contribution in [-0.2, 0) is 6.61 Å². The van der Waals surface area contributed by atoms with Gasteiger partial charge in [-0.1, -0.05) is 30.3 Å². The number of carbonyl (C=O) groups is 1. The molecule has 30 heavy (non-hydrogen) atoms. The van der Waals surface area contributed by atoms with Gasteiger partial charge in [-0.3, -0.25) is 4.79 Å². The smallest absolute Gasteiger partial charge is 0.254 e. The quantitative estimate of drug-likeness (QED) is 0.685. The first-order valence-electron chi connectivity index (χ1n) is 10.0. The molecule has 1 unspecified atom stereocenters. The van der Waals surface area contributed by atoms with E-state index in [0.29, 0.717) is 35.3 Å². The van der Waals surface area contributed by atoms with Crippen molar-refractivity contribution in [3.63, 3.8) is 0 Å². The Morgan fingerprint density at radius 3 is 2.40 bits per heavy atom. The first-order valence-corrected chi connectivity index (χ1v) is 10.0. The highest BCUT2D eigenvalue weighted by molar-refractivity contribution is 5.95. The number of benzene rings is 2. The topological polar surface area (TPSA) is 60.0 Å². The number of halogens is 1. The molecular formula is C23H31ClN2O4. The average molecular weight is 435 g/mol. The zero-order valence-corrected chi connectivity index (χ0v) is 18.7. The molecule has 7 heteroatoms. The number of amides is 1. The third kappa shape index (κ3) is 5.80. The van der Waals surface area contributed by atoms with Gasteiger partial charge in [-0.15, -0.1) is 12.4 Å². The number of carbonyl (C=O) groups excluding carboxylic acids is 1. The van der Waals surface area contributed by atoms with E-state index >= 15 is 0 Å². The second-order valence-corrected chi connectivity index (χ2v) is 7.30. The minimum absolute atomic E-state index is 0. The summed E-state index contributed by atoms with van der Waals surface area (Å²) in [4.78, 5) is 15.1. The number of rotatable bonds is 8. The fourth-order valence-corrected chi connectivity index (χ4v) is 3.76. The zero-order valence-electron chi connectivity index (χ0n) is 17.8. The van der Waals surface area contributed by atoms with Gasteiger partial charge < -0.3 is 24.4 Å². The third-order valence-corrected chi connectivity index (χ3v) is 5.23. The fraction of sp³-hybridized carbons (Fsp3) is 0.435. The summed E-state index contributed by atoms with van der Waals surface area (Å²) in [6, 6.07) is 13.4. The van der Waals surface area contributed by atoms with Crippen molar-refractivity contribution in [2.75, 3.05) is 40.9 Å². The Kier molecular flexibility index (Phi) is 9.27. The summed E-state index contributed by atoms with van der Waals surface area (Å²) in [5, 5.41) is 3.21. The Balaban J connectivity index is 0.00000320. The molecule has 0 saturated carbocycles. The van der Waals surface area contributed by atoms with Gasteiger partial charge in [0.15, 0.2) is 11.5 Å². The number of ether oxygens (including phenoxy) is 3. The van der Waals surface area contributed by atoms with Crippen LogP contribution in [-0.4, -0.2) is 51.7 Å². The van der Waals surface area contributed by atoms with Gasteiger partial charge in [-0.2, -0.15) is 0 Å². The standard InChI is InChI=1S/C23H30N2O4.ClH/c1-24-14-18-10-7-11-25(15-18)23(26)19-12-20(27-2)22(21(13-19)28-3)29-16-17-8-5-4-6-9-17;/h4-6,8-9,12-13,18,24H,7,10-11,14-16H2,1-3H3;1H. The Hall–Kier alpha value is -2.44. The van der Waals surface area contributed by atoms with Crippen LogP contribution >= 0.6 is 12.4 Å². The van der Waals surface area contributed by atoms with Crippen molar-refractivity contribution in [1.82, 2.24) is 10.2 Å². The molecule has 1 atom stereocenters. The number of methoxy groups -OCH3 is 2. The van der Waals surface area contributed by atoms with Crippen LogP contribution < -0.4 is 19.5 Å². The molecule has 0 aliphatic carbocycles. The lowest BCUT2D eigenvalue weighted by atomic mass is 9.97. The van der Waals surface area contributed by atoms with E-state index < -0.39 is 0 Å². The summed E-state index contributed by atoms with van der Waals surface area (Å²) >= 11 is 0. The van der Waals surface area contributed by atoms with Crippen LogP contribution in [0.2, 0.25) is 0 Å². The molecule has 1 amide bonds. The van der Waals surface area contributed by atoms with Crippen LogP contribution in [0, 0.1) is 5.92 Å². The molecule has 1 N–H and O–H groups in total. The SMILES string of the molecule is CNCC1CCCN(C(=O)c2cc(OC)c(OCc3ccccc3)c(OC)c2)C1.Cl. The zero-order chi connectivity index (χ0) is 20.6. The molecule has 164 valence electrons. The number of hydrogen-bond acceptors (Lipinski definition) is 5. The van der Waals surface area contributed by atoms with Crippen molar-refractivity contribution >= 4 is 18.3 Å². The predicted octanol–water partition coefficient (Wildman–Crippen LogP) is 3.78. The number of nitrogens with zero attached hydrogens (tertiary/aromatic N) is 1. The Labute approximate surface area is 184 Å². The lowest BCUT2D eigenvalue weighted by Gasteiger charge is -2.33. The fourth-order valence-electron chi connectivity index (χ4n) is 3.76.